The lowest BCUT2D eigenvalue weighted by Crippen LogP contribution is -2.02. The van der Waals surface area contributed by atoms with E-state index < -0.39 is 0 Å². The highest BCUT2D eigenvalue weighted by molar-refractivity contribution is 7.98. The molecule has 9 heteroatoms. The van der Waals surface area contributed by atoms with Gasteiger partial charge in [-0.1, -0.05) is 65.8 Å². The van der Waals surface area contributed by atoms with Gasteiger partial charge in [-0.05, 0) is 35.9 Å². The Morgan fingerprint density at radius 2 is 1.64 bits per heavy atom. The molecule has 0 amide bonds. The van der Waals surface area contributed by atoms with Crippen LogP contribution in [0.4, 0.5) is 0 Å². The van der Waals surface area contributed by atoms with Gasteiger partial charge in [0.25, 0.3) is 0 Å². The molecule has 5 rings (SSSR count). The number of pyridine rings is 1. The standard InChI is InChI=1S/C30H27ClN4O3S/c1-5-14-35-29(33-34-30(35)39-18-19-10-6-8-12-23(19)31)22-17-25(32-24-13-9-7-11-21(22)24)20-15-26(36-2)28(38-4)27(16-20)37-3/h5-13,15-17H,1,14,18H2,2-4H3. The number of hydrogen-bond donors (Lipinski definition) is 0. The number of methoxy groups -OCH3 is 3. The molecular weight excluding hydrogens is 532 g/mol. The molecule has 0 fully saturated rings. The van der Waals surface area contributed by atoms with Crippen molar-refractivity contribution < 1.29 is 14.2 Å². The molecule has 0 N–H and O–H groups in total. The summed E-state index contributed by atoms with van der Waals surface area (Å²) in [5, 5.41) is 11.7. The second kappa shape index (κ2) is 11.8. The number of hydrogen-bond acceptors (Lipinski definition) is 7. The number of para-hydroxylation sites is 1. The highest BCUT2D eigenvalue weighted by atomic mass is 35.5. The van der Waals surface area contributed by atoms with Crippen molar-refractivity contribution in [1.29, 1.82) is 0 Å². The van der Waals surface area contributed by atoms with Crippen LogP contribution < -0.4 is 14.2 Å². The van der Waals surface area contributed by atoms with Crippen molar-refractivity contribution in [2.45, 2.75) is 17.5 Å². The lowest BCUT2D eigenvalue weighted by molar-refractivity contribution is 0.324. The van der Waals surface area contributed by atoms with Crippen molar-refractivity contribution in [2.75, 3.05) is 21.3 Å². The monoisotopic (exact) mass is 558 g/mol. The van der Waals surface area contributed by atoms with Crippen molar-refractivity contribution in [3.05, 3.63) is 90.0 Å². The zero-order chi connectivity index (χ0) is 27.4. The quantitative estimate of drug-likeness (QED) is 0.131. The maximum absolute atomic E-state index is 6.39. The van der Waals surface area contributed by atoms with E-state index in [0.717, 1.165) is 49.3 Å². The van der Waals surface area contributed by atoms with Crippen molar-refractivity contribution >= 4 is 34.3 Å². The topological polar surface area (TPSA) is 71.3 Å². The van der Waals surface area contributed by atoms with Gasteiger partial charge in [0.15, 0.2) is 22.5 Å². The Balaban J connectivity index is 1.64. The summed E-state index contributed by atoms with van der Waals surface area (Å²) in [6, 6.07) is 21.6. The van der Waals surface area contributed by atoms with Gasteiger partial charge in [-0.2, -0.15) is 0 Å². The molecule has 0 radical (unpaired) electrons. The lowest BCUT2D eigenvalue weighted by Gasteiger charge is -2.15. The number of rotatable bonds is 10. The molecule has 0 aliphatic carbocycles. The van der Waals surface area contributed by atoms with Crippen LogP contribution in [0.5, 0.6) is 17.2 Å². The first-order chi connectivity index (χ1) is 19.1. The minimum absolute atomic E-state index is 0.524. The SMILES string of the molecule is C=CCn1c(SCc2ccccc2Cl)nnc1-c1cc(-c2cc(OC)c(OC)c(OC)c2)nc2ccccc12. The fraction of sp³-hybridized carbons (Fsp3) is 0.167. The number of ether oxygens (including phenoxy) is 3. The van der Waals surface area contributed by atoms with E-state index in [1.807, 2.05) is 72.8 Å². The average Bonchev–Trinajstić information content (AvgIpc) is 3.37. The lowest BCUT2D eigenvalue weighted by atomic mass is 10.0. The molecule has 0 atom stereocenters. The van der Waals surface area contributed by atoms with Crippen LogP contribution in [-0.2, 0) is 12.3 Å². The Hall–Kier alpha value is -4.01. The minimum atomic E-state index is 0.524. The van der Waals surface area contributed by atoms with Crippen molar-refractivity contribution in [2.24, 2.45) is 0 Å². The van der Waals surface area contributed by atoms with Crippen molar-refractivity contribution in [1.82, 2.24) is 19.7 Å². The number of benzene rings is 3. The Bertz CT molecular complexity index is 1630. The van der Waals surface area contributed by atoms with Crippen molar-refractivity contribution in [3.63, 3.8) is 0 Å². The van der Waals surface area contributed by atoms with Crippen LogP contribution in [0.25, 0.3) is 33.5 Å². The summed E-state index contributed by atoms with van der Waals surface area (Å²) in [7, 11) is 4.78. The zero-order valence-corrected chi connectivity index (χ0v) is 23.4. The highest BCUT2D eigenvalue weighted by Crippen LogP contribution is 2.42. The minimum Gasteiger partial charge on any atom is -0.493 e. The molecule has 3 aromatic carbocycles. The van der Waals surface area contributed by atoms with Crippen LogP contribution in [0, 0.1) is 0 Å². The van der Waals surface area contributed by atoms with Crippen LogP contribution in [0.2, 0.25) is 5.02 Å². The molecule has 0 bridgehead atoms. The van der Waals surface area contributed by atoms with E-state index in [1.165, 1.54) is 0 Å². The van der Waals surface area contributed by atoms with Gasteiger partial charge in [-0.15, -0.1) is 16.8 Å². The maximum atomic E-state index is 6.39. The van der Waals surface area contributed by atoms with Crippen molar-refractivity contribution in [3.8, 4) is 39.9 Å². The number of nitrogens with zero attached hydrogens (tertiary/aromatic N) is 4. The van der Waals surface area contributed by atoms with Gasteiger partial charge in [-0.25, -0.2) is 4.98 Å². The number of fused-ring (bicyclic) bond motifs is 1. The van der Waals surface area contributed by atoms with E-state index in [9.17, 15) is 0 Å². The van der Waals surface area contributed by atoms with E-state index in [2.05, 4.69) is 21.3 Å². The van der Waals surface area contributed by atoms with Gasteiger partial charge in [-0.3, -0.25) is 4.57 Å². The predicted octanol–water partition coefficient (Wildman–Crippen LogP) is 7.32. The number of thioether (sulfide) groups is 1. The molecule has 0 spiro atoms. The summed E-state index contributed by atoms with van der Waals surface area (Å²) in [5.41, 5.74) is 4.33. The summed E-state index contributed by atoms with van der Waals surface area (Å²) < 4.78 is 18.7. The van der Waals surface area contributed by atoms with E-state index in [4.69, 9.17) is 30.8 Å². The van der Waals surface area contributed by atoms with Gasteiger partial charge >= 0.3 is 0 Å². The normalized spacial score (nSPS) is 11.0. The molecule has 5 aromatic rings. The Morgan fingerprint density at radius 3 is 2.33 bits per heavy atom. The summed E-state index contributed by atoms with van der Waals surface area (Å²) in [4.78, 5) is 4.96. The molecular formula is C30H27ClN4O3S. The van der Waals surface area contributed by atoms with E-state index >= 15 is 0 Å². The first kappa shape index (κ1) is 26.6. The molecule has 2 heterocycles. The van der Waals surface area contributed by atoms with Gasteiger partial charge in [0, 0.05) is 33.8 Å². The molecule has 7 nitrogen and oxygen atoms in total. The highest BCUT2D eigenvalue weighted by Gasteiger charge is 2.20. The first-order valence-corrected chi connectivity index (χ1v) is 13.5. The largest absolute Gasteiger partial charge is 0.493 e. The van der Waals surface area contributed by atoms with E-state index in [-0.39, 0.29) is 0 Å². The van der Waals surface area contributed by atoms with Crippen LogP contribution in [-0.4, -0.2) is 41.1 Å². The molecule has 0 unspecified atom stereocenters. The second-order valence-electron chi connectivity index (χ2n) is 8.57. The van der Waals surface area contributed by atoms with Gasteiger partial charge in [0.1, 0.15) is 0 Å². The Morgan fingerprint density at radius 1 is 0.923 bits per heavy atom. The summed E-state index contributed by atoms with van der Waals surface area (Å²) >= 11 is 7.97. The smallest absolute Gasteiger partial charge is 0.203 e. The third-order valence-corrected chi connectivity index (χ3v) is 7.65. The summed E-state index contributed by atoms with van der Waals surface area (Å²) in [5.74, 6) is 3.02. The molecule has 39 heavy (non-hydrogen) atoms. The summed E-state index contributed by atoms with van der Waals surface area (Å²) in [6.07, 6.45) is 1.84. The first-order valence-electron chi connectivity index (χ1n) is 12.2. The summed E-state index contributed by atoms with van der Waals surface area (Å²) in [6.45, 7) is 4.51. The molecule has 198 valence electrons. The average molecular weight is 559 g/mol. The molecule has 0 aliphatic heterocycles. The van der Waals surface area contributed by atoms with Crippen LogP contribution in [0.1, 0.15) is 5.56 Å². The predicted molar refractivity (Wildman–Crippen MR) is 157 cm³/mol. The van der Waals surface area contributed by atoms with Gasteiger partial charge in [0.05, 0.1) is 32.5 Å². The van der Waals surface area contributed by atoms with Crippen LogP contribution in [0.3, 0.4) is 0 Å². The third-order valence-electron chi connectivity index (χ3n) is 6.26. The number of halogens is 1. The molecule has 0 saturated heterocycles. The molecule has 2 aromatic heterocycles. The van der Waals surface area contributed by atoms with Crippen LogP contribution >= 0.6 is 23.4 Å². The zero-order valence-electron chi connectivity index (χ0n) is 21.8. The van der Waals surface area contributed by atoms with Gasteiger partial charge < -0.3 is 14.2 Å². The molecule has 0 saturated carbocycles. The fourth-order valence-corrected chi connectivity index (χ4v) is 5.62. The van der Waals surface area contributed by atoms with Crippen LogP contribution in [0.15, 0.2) is 84.5 Å². The number of aromatic nitrogens is 4. The van der Waals surface area contributed by atoms with E-state index in [1.54, 1.807) is 33.1 Å². The maximum Gasteiger partial charge on any atom is 0.203 e. The second-order valence-corrected chi connectivity index (χ2v) is 9.92. The fourth-order valence-electron chi connectivity index (χ4n) is 4.38. The third kappa shape index (κ3) is 5.30. The van der Waals surface area contributed by atoms with E-state index in [0.29, 0.717) is 29.5 Å². The number of allylic oxidation sites excluding steroid dienone is 1. The van der Waals surface area contributed by atoms with Gasteiger partial charge in [0.2, 0.25) is 5.75 Å². The molecule has 0 aliphatic rings. The Kier molecular flexibility index (Phi) is 8.05. The Labute approximate surface area is 236 Å².